The first-order valence-corrected chi connectivity index (χ1v) is 45.9. The number of halogens is 9. The summed E-state index contributed by atoms with van der Waals surface area (Å²) in [6, 6.07) is 13.0. The number of carbonyl (C=O) groups excluding carboxylic acids is 5. The molecule has 27 heteroatoms. The van der Waals surface area contributed by atoms with E-state index in [-0.39, 0.29) is 36.3 Å². The van der Waals surface area contributed by atoms with E-state index in [2.05, 4.69) is 31.8 Å². The number of piperidine rings is 4. The number of hydrogen-bond donors (Lipinski definition) is 0. The summed E-state index contributed by atoms with van der Waals surface area (Å²) in [6.45, 7) is 10.5. The van der Waals surface area contributed by atoms with E-state index in [4.69, 9.17) is 23.7 Å². The van der Waals surface area contributed by atoms with Gasteiger partial charge in [0, 0.05) is 181 Å². The molecule has 14 aliphatic rings. The van der Waals surface area contributed by atoms with Crippen LogP contribution in [0.2, 0.25) is 0 Å². The van der Waals surface area contributed by atoms with Gasteiger partial charge >= 0.3 is 6.16 Å². The molecule has 3 saturated carbocycles. The average Bonchev–Trinajstić information content (AvgIpc) is 1.00. The summed E-state index contributed by atoms with van der Waals surface area (Å²) in [4.78, 5) is 78.1. The van der Waals surface area contributed by atoms with Crippen LogP contribution in [0.4, 0.5) is 67.1 Å². The number of rotatable bonds is 31. The summed E-state index contributed by atoms with van der Waals surface area (Å²) in [5.41, 5.74) is 7.90. The van der Waals surface area contributed by atoms with Crippen LogP contribution in [0.5, 0.6) is 0 Å². The molecule has 11 aliphatic heterocycles. The molecule has 0 N–H and O–H groups in total. The van der Waals surface area contributed by atoms with Gasteiger partial charge in [-0.2, -0.15) is 0 Å². The van der Waals surface area contributed by atoms with Gasteiger partial charge in [0.25, 0.3) is 0 Å². The number of carbonyl (C=O) groups is 5. The lowest BCUT2D eigenvalue weighted by atomic mass is 9.83. The highest BCUT2D eigenvalue weighted by molar-refractivity contribution is 5.98. The van der Waals surface area contributed by atoms with Crippen LogP contribution in [0.25, 0.3) is 0 Å². The number of amides is 4. The molecule has 7 saturated heterocycles. The molecule has 4 aromatic carbocycles. The van der Waals surface area contributed by atoms with Gasteiger partial charge in [0.1, 0.15) is 12.8 Å². The summed E-state index contributed by atoms with van der Waals surface area (Å²) in [7, 11) is 0. The zero-order valence-electron chi connectivity index (χ0n) is 70.7. The molecular weight excluding hydrogens is 1580 g/mol. The number of alkyl halides is 1. The summed E-state index contributed by atoms with van der Waals surface area (Å²) in [5, 5.41) is 0. The topological polar surface area (TPSA) is 157 Å². The van der Waals surface area contributed by atoms with Crippen molar-refractivity contribution in [3.8, 4) is 0 Å². The van der Waals surface area contributed by atoms with Crippen molar-refractivity contribution in [2.75, 3.05) is 131 Å². The van der Waals surface area contributed by atoms with Gasteiger partial charge in [0.15, 0.2) is 46.5 Å². The van der Waals surface area contributed by atoms with E-state index in [0.717, 1.165) is 178 Å². The van der Waals surface area contributed by atoms with E-state index in [9.17, 15) is 63.5 Å². The molecule has 6 atom stereocenters. The Morgan fingerprint density at radius 1 is 0.377 bits per heavy atom. The predicted molar refractivity (Wildman–Crippen MR) is 448 cm³/mol. The van der Waals surface area contributed by atoms with Crippen LogP contribution in [0, 0.1) is 64.3 Å². The molecule has 0 aromatic heterocycles. The SMILES string of the molecule is O=C(OCCC1CCC1)OC1CCN(CCCN2C(=O)CCc3cc(F)c(F)cc32)CC1.O=C1CCc2cc(F)c(F)cc2N1CCCN1C2CCC1CC(=CCOCC1CC1)C2.O=C1CCc2cc(F)c(F)cc2N1CCCN1C2CCC1CC(=CCOCCF)C2.O=C1CCc2cc(F)c(F)cc2N1CCCN1C2CCC1CC(OCC1CC1)C2. The van der Waals surface area contributed by atoms with Crippen molar-refractivity contribution in [1.82, 2.24) is 19.6 Å². The molecule has 6 bridgehead atoms. The van der Waals surface area contributed by atoms with E-state index < -0.39 is 59.4 Å². The number of hydrogen-bond acceptors (Lipinski definition) is 14. The fourth-order valence-electron chi connectivity index (χ4n) is 21.0. The maximum absolute atomic E-state index is 13.8. The van der Waals surface area contributed by atoms with Crippen LogP contribution in [-0.4, -0.2) is 210 Å². The zero-order chi connectivity index (χ0) is 84.9. The van der Waals surface area contributed by atoms with Crippen LogP contribution in [0.15, 0.2) is 71.8 Å². The lowest BCUT2D eigenvalue weighted by Gasteiger charge is -2.39. The van der Waals surface area contributed by atoms with Crippen molar-refractivity contribution in [3.05, 3.63) is 141 Å². The van der Waals surface area contributed by atoms with Gasteiger partial charge in [-0.15, -0.1) is 0 Å². The Balaban J connectivity index is 0.000000126. The second kappa shape index (κ2) is 42.3. The van der Waals surface area contributed by atoms with Gasteiger partial charge in [0.2, 0.25) is 23.6 Å². The fraction of sp³-hybridized carbons (Fsp3) is 0.653. The molecule has 0 spiro atoms. The van der Waals surface area contributed by atoms with Gasteiger partial charge in [0.05, 0.1) is 32.5 Å². The Labute approximate surface area is 712 Å². The number of anilines is 4. The smallest absolute Gasteiger partial charge is 0.434 e. The van der Waals surface area contributed by atoms with Crippen LogP contribution in [-0.2, 0) is 68.5 Å². The largest absolute Gasteiger partial charge is 0.508 e. The number of fused-ring (bicyclic) bond motifs is 10. The summed E-state index contributed by atoms with van der Waals surface area (Å²) in [5.74, 6) is -4.69. The lowest BCUT2D eigenvalue weighted by molar-refractivity contribution is -0.119. The predicted octanol–water partition coefficient (Wildman–Crippen LogP) is 17.3. The summed E-state index contributed by atoms with van der Waals surface area (Å²) >= 11 is 0. The number of nitrogens with zero attached hydrogens (tertiary/aromatic N) is 8. The second-order valence-corrected chi connectivity index (χ2v) is 36.5. The van der Waals surface area contributed by atoms with Crippen molar-refractivity contribution in [2.45, 2.75) is 267 Å². The van der Waals surface area contributed by atoms with Crippen molar-refractivity contribution in [3.63, 3.8) is 0 Å². The Hall–Kier alpha value is -7.40. The molecule has 122 heavy (non-hydrogen) atoms. The van der Waals surface area contributed by atoms with Gasteiger partial charge in [-0.1, -0.05) is 42.6 Å². The molecule has 666 valence electrons. The molecule has 11 heterocycles. The van der Waals surface area contributed by atoms with Crippen molar-refractivity contribution in [1.29, 1.82) is 0 Å². The van der Waals surface area contributed by atoms with Crippen LogP contribution >= 0.6 is 0 Å². The summed E-state index contributed by atoms with van der Waals surface area (Å²) in [6.07, 6.45) is 36.0. The first-order chi connectivity index (χ1) is 59.2. The minimum Gasteiger partial charge on any atom is -0.434 e. The maximum Gasteiger partial charge on any atom is 0.508 e. The number of benzene rings is 4. The quantitative estimate of drug-likeness (QED) is 0.0203. The number of aryl methyl sites for hydroxylation is 4. The Morgan fingerprint density at radius 2 is 0.738 bits per heavy atom. The molecule has 3 aliphatic carbocycles. The molecule has 10 fully saturated rings. The first kappa shape index (κ1) is 89.4. The highest BCUT2D eigenvalue weighted by Gasteiger charge is 2.44. The molecule has 18 rings (SSSR count). The molecule has 6 unspecified atom stereocenters. The highest BCUT2D eigenvalue weighted by atomic mass is 19.2. The van der Waals surface area contributed by atoms with E-state index in [1.807, 2.05) is 0 Å². The monoisotopic (exact) mass is 1710 g/mol. The average molecular weight is 1710 g/mol. The Kier molecular flexibility index (Phi) is 31.0. The fourth-order valence-corrected chi connectivity index (χ4v) is 21.0. The molecule has 4 aromatic rings. The third kappa shape index (κ3) is 23.2. The van der Waals surface area contributed by atoms with Crippen molar-refractivity contribution >= 4 is 52.5 Å². The molecule has 4 amide bonds. The highest BCUT2D eigenvalue weighted by Crippen LogP contribution is 2.44. The Morgan fingerprint density at radius 3 is 1.11 bits per heavy atom. The van der Waals surface area contributed by atoms with Gasteiger partial charge in [-0.05, 0) is 244 Å². The molecule has 0 radical (unpaired) electrons. The van der Waals surface area contributed by atoms with Gasteiger partial charge < -0.3 is 48.2 Å². The first-order valence-electron chi connectivity index (χ1n) is 45.9. The van der Waals surface area contributed by atoms with E-state index >= 15 is 0 Å². The van der Waals surface area contributed by atoms with Crippen LogP contribution in [0.1, 0.15) is 215 Å². The second-order valence-electron chi connectivity index (χ2n) is 36.5. The minimum atomic E-state index is -0.924. The minimum absolute atomic E-state index is 0.0107. The molecular formula is C95H123F9N8O10. The number of ether oxygens (including phenoxy) is 5. The van der Waals surface area contributed by atoms with E-state index in [1.165, 1.54) is 131 Å². The number of likely N-dealkylation sites (tertiary alicyclic amines) is 1. The maximum atomic E-state index is 13.8. The van der Waals surface area contributed by atoms with E-state index in [0.29, 0.717) is 173 Å². The van der Waals surface area contributed by atoms with Crippen LogP contribution in [0.3, 0.4) is 0 Å². The van der Waals surface area contributed by atoms with E-state index in [1.54, 1.807) is 19.6 Å². The molecule has 18 nitrogen and oxygen atoms in total. The van der Waals surface area contributed by atoms with Gasteiger partial charge in [-0.3, -0.25) is 33.9 Å². The normalized spacial score (nSPS) is 24.6. The third-order valence-electron chi connectivity index (χ3n) is 28.2. The zero-order valence-corrected chi connectivity index (χ0v) is 70.7. The standard InChI is InChI=1S/C25H32F2N2O2.C24H32F2N2O4.C23H29F3N2O2.C23H30F2N2O2/c26-22-14-19-4-7-25(30)29(24(19)15-23(22)27)10-1-9-28-20-5-6-21(28)13-18(12-20)8-11-31-16-17-2-3-17;25-20-15-18-5-6-23(29)28(22(18)16-21(20)26)11-2-10-27-12-7-19(8-13-27)32-24(30)31-14-9-17-3-1-4-17;24-7-11-30-10-6-16-12-18-3-4-19(13-16)27(18)8-1-9-28-22-15-21(26)20(25)14-17(22)2-5-23(28)29;24-20-10-16-4-7-23(28)27(22(16)13-21(20)25)9-1-8-26-17-5-6-18(26)12-19(11-17)29-14-15-2-3-15/h8,14-15,17,20-21H,1-7,9-13,16H2;15-17,19H,1-14H2;6,14-15,18-19H,1-5,7-13H2;10,13,15,17-19H,1-9,11-12,14H2. The Bertz CT molecular complexity index is 4320. The van der Waals surface area contributed by atoms with Crippen molar-refractivity contribution < 1.29 is 87.2 Å². The lowest BCUT2D eigenvalue weighted by Crippen LogP contribution is -2.46. The van der Waals surface area contributed by atoms with Gasteiger partial charge in [-0.25, -0.2) is 44.3 Å². The van der Waals surface area contributed by atoms with Crippen LogP contribution < -0.4 is 19.6 Å². The third-order valence-corrected chi connectivity index (χ3v) is 28.2. The summed E-state index contributed by atoms with van der Waals surface area (Å²) < 4.78 is 149. The van der Waals surface area contributed by atoms with Crippen molar-refractivity contribution in [2.24, 2.45) is 17.8 Å².